The Morgan fingerprint density at radius 3 is 2.67 bits per heavy atom. The fourth-order valence-corrected chi connectivity index (χ4v) is 2.34. The summed E-state index contributed by atoms with van der Waals surface area (Å²) in [5.41, 5.74) is 2.84. The summed E-state index contributed by atoms with van der Waals surface area (Å²) in [4.78, 5) is 7.47. The third-order valence-corrected chi connectivity index (χ3v) is 3.54. The lowest BCUT2D eigenvalue weighted by molar-refractivity contribution is 0.409. The SMILES string of the molecule is COc1ccccc1CNC(=N)Nc1nc(-c2ccccc2)c[nH]1. The zero-order valence-electron chi connectivity index (χ0n) is 13.3. The van der Waals surface area contributed by atoms with Gasteiger partial charge in [0.1, 0.15) is 5.75 Å². The number of guanidine groups is 1. The van der Waals surface area contributed by atoms with Crippen LogP contribution in [0, 0.1) is 5.41 Å². The molecule has 1 aromatic heterocycles. The molecule has 4 N–H and O–H groups in total. The molecule has 0 aliphatic heterocycles. The molecular formula is C18H19N5O. The second kappa shape index (κ2) is 7.32. The number of H-pyrrole nitrogens is 1. The Bertz CT molecular complexity index is 813. The number of aromatic amines is 1. The van der Waals surface area contributed by atoms with Gasteiger partial charge in [-0.05, 0) is 6.07 Å². The summed E-state index contributed by atoms with van der Waals surface area (Å²) >= 11 is 0. The first-order chi connectivity index (χ1) is 11.8. The molecule has 0 bridgehead atoms. The molecule has 0 atom stereocenters. The van der Waals surface area contributed by atoms with Gasteiger partial charge in [-0.3, -0.25) is 10.7 Å². The summed E-state index contributed by atoms with van der Waals surface area (Å²) in [6, 6.07) is 17.6. The summed E-state index contributed by atoms with van der Waals surface area (Å²) < 4.78 is 5.30. The van der Waals surface area contributed by atoms with Crippen LogP contribution in [0.3, 0.4) is 0 Å². The average Bonchev–Trinajstić information content (AvgIpc) is 3.09. The van der Waals surface area contributed by atoms with Crippen LogP contribution in [0.4, 0.5) is 5.95 Å². The molecule has 122 valence electrons. The maximum absolute atomic E-state index is 7.99. The quantitative estimate of drug-likeness (QED) is 0.429. The third-order valence-electron chi connectivity index (χ3n) is 3.54. The molecule has 3 rings (SSSR count). The van der Waals surface area contributed by atoms with E-state index in [2.05, 4.69) is 20.6 Å². The van der Waals surface area contributed by atoms with Crippen molar-refractivity contribution in [1.82, 2.24) is 15.3 Å². The zero-order valence-corrected chi connectivity index (χ0v) is 13.3. The largest absolute Gasteiger partial charge is 0.496 e. The number of nitrogens with one attached hydrogen (secondary N) is 4. The highest BCUT2D eigenvalue weighted by atomic mass is 16.5. The van der Waals surface area contributed by atoms with E-state index in [-0.39, 0.29) is 5.96 Å². The minimum absolute atomic E-state index is 0.162. The molecule has 0 radical (unpaired) electrons. The van der Waals surface area contributed by atoms with Crippen LogP contribution < -0.4 is 15.4 Å². The molecule has 0 amide bonds. The van der Waals surface area contributed by atoms with Crippen molar-refractivity contribution < 1.29 is 4.74 Å². The predicted octanol–water partition coefficient (Wildman–Crippen LogP) is 3.22. The predicted molar refractivity (Wildman–Crippen MR) is 95.2 cm³/mol. The second-order valence-electron chi connectivity index (χ2n) is 5.17. The summed E-state index contributed by atoms with van der Waals surface area (Å²) in [5, 5.41) is 13.9. The van der Waals surface area contributed by atoms with Crippen LogP contribution in [0.1, 0.15) is 5.56 Å². The van der Waals surface area contributed by atoms with Gasteiger partial charge < -0.3 is 15.0 Å². The number of ether oxygens (including phenoxy) is 1. The molecule has 0 fully saturated rings. The first kappa shape index (κ1) is 15.6. The van der Waals surface area contributed by atoms with Crippen LogP contribution in [0.25, 0.3) is 11.3 Å². The van der Waals surface area contributed by atoms with Gasteiger partial charge in [-0.2, -0.15) is 0 Å². The van der Waals surface area contributed by atoms with Crippen molar-refractivity contribution in [3.8, 4) is 17.0 Å². The second-order valence-corrected chi connectivity index (χ2v) is 5.17. The van der Waals surface area contributed by atoms with Crippen LogP contribution in [-0.2, 0) is 6.54 Å². The van der Waals surface area contributed by atoms with Crippen LogP contribution in [0.15, 0.2) is 60.8 Å². The van der Waals surface area contributed by atoms with Crippen molar-refractivity contribution in [2.24, 2.45) is 0 Å². The minimum Gasteiger partial charge on any atom is -0.496 e. The Morgan fingerprint density at radius 2 is 1.88 bits per heavy atom. The number of para-hydroxylation sites is 1. The molecule has 0 saturated heterocycles. The van der Waals surface area contributed by atoms with E-state index in [1.54, 1.807) is 7.11 Å². The smallest absolute Gasteiger partial charge is 0.207 e. The van der Waals surface area contributed by atoms with Gasteiger partial charge in [0.05, 0.1) is 12.8 Å². The number of hydrogen-bond donors (Lipinski definition) is 4. The third kappa shape index (κ3) is 3.73. The molecule has 0 aliphatic carbocycles. The number of hydrogen-bond acceptors (Lipinski definition) is 3. The van der Waals surface area contributed by atoms with Crippen molar-refractivity contribution in [3.63, 3.8) is 0 Å². The number of aromatic nitrogens is 2. The molecule has 3 aromatic rings. The van der Waals surface area contributed by atoms with Gasteiger partial charge in [-0.15, -0.1) is 0 Å². The van der Waals surface area contributed by atoms with Gasteiger partial charge in [-0.1, -0.05) is 48.5 Å². The maximum atomic E-state index is 7.99. The highest BCUT2D eigenvalue weighted by molar-refractivity contribution is 5.89. The van der Waals surface area contributed by atoms with E-state index in [0.717, 1.165) is 22.6 Å². The first-order valence-electron chi connectivity index (χ1n) is 7.58. The minimum atomic E-state index is 0.162. The maximum Gasteiger partial charge on any atom is 0.207 e. The van der Waals surface area contributed by atoms with Crippen molar-refractivity contribution in [3.05, 3.63) is 66.4 Å². The lowest BCUT2D eigenvalue weighted by atomic mass is 10.2. The summed E-state index contributed by atoms with van der Waals surface area (Å²) in [5.74, 6) is 1.48. The lowest BCUT2D eigenvalue weighted by Crippen LogP contribution is -2.29. The van der Waals surface area contributed by atoms with Crippen molar-refractivity contribution in [2.45, 2.75) is 6.54 Å². The van der Waals surface area contributed by atoms with Gasteiger partial charge in [0.25, 0.3) is 0 Å². The van der Waals surface area contributed by atoms with Gasteiger partial charge in [0.15, 0.2) is 5.96 Å². The number of anilines is 1. The van der Waals surface area contributed by atoms with E-state index >= 15 is 0 Å². The molecule has 24 heavy (non-hydrogen) atoms. The van der Waals surface area contributed by atoms with Crippen molar-refractivity contribution >= 4 is 11.9 Å². The van der Waals surface area contributed by atoms with Gasteiger partial charge in [0, 0.05) is 23.9 Å². The molecule has 0 unspecified atom stereocenters. The monoisotopic (exact) mass is 321 g/mol. The molecule has 0 saturated carbocycles. The number of methoxy groups -OCH3 is 1. The van der Waals surface area contributed by atoms with Crippen LogP contribution in [0.2, 0.25) is 0 Å². The Hall–Kier alpha value is -3.28. The van der Waals surface area contributed by atoms with Crippen molar-refractivity contribution in [1.29, 1.82) is 5.41 Å². The fraction of sp³-hybridized carbons (Fsp3) is 0.111. The molecule has 0 spiro atoms. The normalized spacial score (nSPS) is 10.2. The number of benzene rings is 2. The molecular weight excluding hydrogens is 302 g/mol. The van der Waals surface area contributed by atoms with Gasteiger partial charge in [-0.25, -0.2) is 4.98 Å². The van der Waals surface area contributed by atoms with Gasteiger partial charge >= 0.3 is 0 Å². The Labute approximate surface area is 140 Å². The summed E-state index contributed by atoms with van der Waals surface area (Å²) in [6.45, 7) is 0.488. The Morgan fingerprint density at radius 1 is 1.12 bits per heavy atom. The van der Waals surface area contributed by atoms with E-state index in [1.807, 2.05) is 60.8 Å². The zero-order chi connectivity index (χ0) is 16.8. The fourth-order valence-electron chi connectivity index (χ4n) is 2.34. The molecule has 6 heteroatoms. The van der Waals surface area contributed by atoms with Gasteiger partial charge in [0.2, 0.25) is 5.95 Å². The number of rotatable bonds is 5. The highest BCUT2D eigenvalue weighted by Gasteiger charge is 2.06. The molecule has 6 nitrogen and oxygen atoms in total. The Kier molecular flexibility index (Phi) is 4.76. The standard InChI is InChI=1S/C18H19N5O/c1-24-16-10-6-5-9-14(16)11-20-17(19)23-18-21-12-15(22-18)13-7-3-2-4-8-13/h2-10,12H,11H2,1H3,(H4,19,20,21,22,23). The van der Waals surface area contributed by atoms with E-state index in [4.69, 9.17) is 10.1 Å². The van der Waals surface area contributed by atoms with Crippen LogP contribution >= 0.6 is 0 Å². The van der Waals surface area contributed by atoms with E-state index < -0.39 is 0 Å². The van der Waals surface area contributed by atoms with Crippen LogP contribution in [0.5, 0.6) is 5.75 Å². The number of nitrogens with zero attached hydrogens (tertiary/aromatic N) is 1. The molecule has 2 aromatic carbocycles. The highest BCUT2D eigenvalue weighted by Crippen LogP contribution is 2.18. The Balaban J connectivity index is 1.58. The summed E-state index contributed by atoms with van der Waals surface area (Å²) in [7, 11) is 1.64. The van der Waals surface area contributed by atoms with E-state index in [1.165, 1.54) is 0 Å². The van der Waals surface area contributed by atoms with Crippen molar-refractivity contribution in [2.75, 3.05) is 12.4 Å². The number of imidazole rings is 1. The van der Waals surface area contributed by atoms with Crippen LogP contribution in [-0.4, -0.2) is 23.0 Å². The van der Waals surface area contributed by atoms with E-state index in [0.29, 0.717) is 12.5 Å². The topological polar surface area (TPSA) is 85.8 Å². The first-order valence-corrected chi connectivity index (χ1v) is 7.58. The molecule has 0 aliphatic rings. The van der Waals surface area contributed by atoms with E-state index in [9.17, 15) is 0 Å². The average molecular weight is 321 g/mol. The summed E-state index contributed by atoms with van der Waals surface area (Å²) in [6.07, 6.45) is 1.81. The molecule has 1 heterocycles. The lowest BCUT2D eigenvalue weighted by Gasteiger charge is -2.11.